The van der Waals surface area contributed by atoms with Crippen LogP contribution in [0.2, 0.25) is 0 Å². The first kappa shape index (κ1) is 16.1. The molecule has 0 aliphatic heterocycles. The SMILES string of the molecule is Cc1ccc(F)c(S(=O)(=O)N(C)CCCCCO)c1. The van der Waals surface area contributed by atoms with E-state index in [1.54, 1.807) is 6.92 Å². The van der Waals surface area contributed by atoms with Crippen molar-refractivity contribution in [2.45, 2.75) is 31.1 Å². The summed E-state index contributed by atoms with van der Waals surface area (Å²) in [7, 11) is -2.34. The molecule has 0 spiro atoms. The zero-order valence-corrected chi connectivity index (χ0v) is 12.1. The van der Waals surface area contributed by atoms with Gasteiger partial charge in [0.1, 0.15) is 10.7 Å². The quantitative estimate of drug-likeness (QED) is 0.780. The standard InChI is InChI=1S/C13H20FNO3S/c1-11-6-7-12(14)13(10-11)19(17,18)15(2)8-4-3-5-9-16/h6-7,10,16H,3-5,8-9H2,1-2H3. The number of hydrogen-bond donors (Lipinski definition) is 1. The maximum absolute atomic E-state index is 13.6. The third kappa shape index (κ3) is 4.26. The van der Waals surface area contributed by atoms with Crippen LogP contribution in [0, 0.1) is 12.7 Å². The van der Waals surface area contributed by atoms with Crippen LogP contribution in [0.4, 0.5) is 4.39 Å². The predicted octanol–water partition coefficient (Wildman–Crippen LogP) is 1.92. The molecule has 0 saturated carbocycles. The van der Waals surface area contributed by atoms with Gasteiger partial charge in [-0.25, -0.2) is 17.1 Å². The van der Waals surface area contributed by atoms with Crippen molar-refractivity contribution < 1.29 is 17.9 Å². The molecule has 0 aromatic heterocycles. The summed E-state index contributed by atoms with van der Waals surface area (Å²) in [6.45, 7) is 2.14. The highest BCUT2D eigenvalue weighted by Gasteiger charge is 2.24. The van der Waals surface area contributed by atoms with E-state index in [0.717, 1.165) is 10.7 Å². The van der Waals surface area contributed by atoms with Gasteiger partial charge in [-0.2, -0.15) is 0 Å². The van der Waals surface area contributed by atoms with E-state index in [1.807, 2.05) is 0 Å². The van der Waals surface area contributed by atoms with Gasteiger partial charge in [-0.1, -0.05) is 6.07 Å². The fourth-order valence-electron chi connectivity index (χ4n) is 1.72. The second-order valence-corrected chi connectivity index (χ2v) is 6.56. The molecule has 1 aromatic carbocycles. The number of benzene rings is 1. The summed E-state index contributed by atoms with van der Waals surface area (Å²) in [5, 5.41) is 8.65. The molecule has 6 heteroatoms. The van der Waals surface area contributed by atoms with E-state index in [-0.39, 0.29) is 11.5 Å². The van der Waals surface area contributed by atoms with E-state index in [9.17, 15) is 12.8 Å². The van der Waals surface area contributed by atoms with Crippen LogP contribution < -0.4 is 0 Å². The molecule has 0 bridgehead atoms. The van der Waals surface area contributed by atoms with Crippen molar-refractivity contribution in [3.63, 3.8) is 0 Å². The monoisotopic (exact) mass is 289 g/mol. The number of nitrogens with zero attached hydrogens (tertiary/aromatic N) is 1. The van der Waals surface area contributed by atoms with Gasteiger partial charge in [0.25, 0.3) is 0 Å². The topological polar surface area (TPSA) is 57.6 Å². The van der Waals surface area contributed by atoms with Crippen molar-refractivity contribution in [1.29, 1.82) is 0 Å². The lowest BCUT2D eigenvalue weighted by molar-refractivity contribution is 0.281. The van der Waals surface area contributed by atoms with Crippen LogP contribution >= 0.6 is 0 Å². The van der Waals surface area contributed by atoms with Crippen LogP contribution in [-0.2, 0) is 10.0 Å². The average Bonchev–Trinajstić information content (AvgIpc) is 2.37. The first-order chi connectivity index (χ1) is 8.89. The van der Waals surface area contributed by atoms with Gasteiger partial charge in [0.05, 0.1) is 0 Å². The molecule has 0 saturated heterocycles. The molecule has 0 aliphatic rings. The number of hydrogen-bond acceptors (Lipinski definition) is 3. The lowest BCUT2D eigenvalue weighted by Crippen LogP contribution is -2.28. The molecule has 4 nitrogen and oxygen atoms in total. The minimum atomic E-state index is -3.78. The van der Waals surface area contributed by atoms with Gasteiger partial charge in [0, 0.05) is 20.2 Å². The van der Waals surface area contributed by atoms with Crippen molar-refractivity contribution in [3.05, 3.63) is 29.6 Å². The number of aliphatic hydroxyl groups is 1. The first-order valence-electron chi connectivity index (χ1n) is 6.23. The van der Waals surface area contributed by atoms with Crippen LogP contribution in [0.25, 0.3) is 0 Å². The molecule has 0 fully saturated rings. The van der Waals surface area contributed by atoms with Gasteiger partial charge < -0.3 is 5.11 Å². The van der Waals surface area contributed by atoms with E-state index in [1.165, 1.54) is 25.2 Å². The second kappa shape index (κ2) is 6.98. The molecule has 0 heterocycles. The fraction of sp³-hybridized carbons (Fsp3) is 0.538. The smallest absolute Gasteiger partial charge is 0.245 e. The molecule has 108 valence electrons. The molecule has 0 unspecified atom stereocenters. The molecule has 1 aromatic rings. The largest absolute Gasteiger partial charge is 0.396 e. The summed E-state index contributed by atoms with van der Waals surface area (Å²) in [6.07, 6.45) is 2.03. The zero-order chi connectivity index (χ0) is 14.5. The van der Waals surface area contributed by atoms with E-state index in [0.29, 0.717) is 24.9 Å². The lowest BCUT2D eigenvalue weighted by atomic mass is 10.2. The highest BCUT2D eigenvalue weighted by Crippen LogP contribution is 2.20. The molecular formula is C13H20FNO3S. The molecule has 0 radical (unpaired) electrons. The Labute approximate surface area is 113 Å². The van der Waals surface area contributed by atoms with Gasteiger partial charge in [0.15, 0.2) is 0 Å². The van der Waals surface area contributed by atoms with Crippen molar-refractivity contribution in [2.75, 3.05) is 20.2 Å². The summed E-state index contributed by atoms with van der Waals surface area (Å²) in [5.74, 6) is -0.729. The molecule has 1 N–H and O–H groups in total. The van der Waals surface area contributed by atoms with Crippen LogP contribution in [0.3, 0.4) is 0 Å². The second-order valence-electron chi connectivity index (χ2n) is 4.54. The van der Waals surface area contributed by atoms with Gasteiger partial charge in [-0.05, 0) is 43.9 Å². The van der Waals surface area contributed by atoms with Crippen molar-refractivity contribution >= 4 is 10.0 Å². The van der Waals surface area contributed by atoms with E-state index >= 15 is 0 Å². The Morgan fingerprint density at radius 2 is 1.95 bits per heavy atom. The summed E-state index contributed by atoms with van der Waals surface area (Å²) in [5.41, 5.74) is 0.702. The van der Waals surface area contributed by atoms with E-state index in [2.05, 4.69) is 0 Å². The van der Waals surface area contributed by atoms with Crippen LogP contribution in [0.15, 0.2) is 23.1 Å². The Morgan fingerprint density at radius 1 is 1.26 bits per heavy atom. The molecule has 19 heavy (non-hydrogen) atoms. The minimum Gasteiger partial charge on any atom is -0.396 e. The molecule has 0 aliphatic carbocycles. The van der Waals surface area contributed by atoms with E-state index < -0.39 is 15.8 Å². The number of aryl methyl sites for hydroxylation is 1. The summed E-state index contributed by atoms with van der Waals surface area (Å²) >= 11 is 0. The maximum atomic E-state index is 13.6. The van der Waals surface area contributed by atoms with Crippen molar-refractivity contribution in [3.8, 4) is 0 Å². The summed E-state index contributed by atoms with van der Waals surface area (Å²) in [4.78, 5) is -0.280. The third-order valence-electron chi connectivity index (χ3n) is 2.91. The summed E-state index contributed by atoms with van der Waals surface area (Å²) in [6, 6.07) is 4.05. The molecule has 0 amide bonds. The number of unbranched alkanes of at least 4 members (excludes halogenated alkanes) is 2. The molecular weight excluding hydrogens is 269 g/mol. The number of aliphatic hydroxyl groups excluding tert-OH is 1. The van der Waals surface area contributed by atoms with Crippen LogP contribution in [-0.4, -0.2) is 38.0 Å². The Balaban J connectivity index is 2.82. The van der Waals surface area contributed by atoms with Crippen molar-refractivity contribution in [1.82, 2.24) is 4.31 Å². The van der Waals surface area contributed by atoms with Crippen LogP contribution in [0.5, 0.6) is 0 Å². The van der Waals surface area contributed by atoms with Gasteiger partial charge in [0.2, 0.25) is 10.0 Å². The highest BCUT2D eigenvalue weighted by atomic mass is 32.2. The van der Waals surface area contributed by atoms with Crippen LogP contribution in [0.1, 0.15) is 24.8 Å². The predicted molar refractivity (Wildman–Crippen MR) is 71.9 cm³/mol. The normalized spacial score (nSPS) is 12.1. The lowest BCUT2D eigenvalue weighted by Gasteiger charge is -2.17. The third-order valence-corrected chi connectivity index (χ3v) is 4.78. The molecule has 1 rings (SSSR count). The minimum absolute atomic E-state index is 0.100. The molecule has 0 atom stereocenters. The Morgan fingerprint density at radius 3 is 2.58 bits per heavy atom. The van der Waals surface area contributed by atoms with Gasteiger partial charge >= 0.3 is 0 Å². The Bertz CT molecular complexity index is 517. The average molecular weight is 289 g/mol. The Hall–Kier alpha value is -0.980. The Kier molecular flexibility index (Phi) is 5.90. The highest BCUT2D eigenvalue weighted by molar-refractivity contribution is 7.89. The van der Waals surface area contributed by atoms with Gasteiger partial charge in [-0.15, -0.1) is 0 Å². The van der Waals surface area contributed by atoms with E-state index in [4.69, 9.17) is 5.11 Å². The zero-order valence-electron chi connectivity index (χ0n) is 11.3. The van der Waals surface area contributed by atoms with Crippen molar-refractivity contribution in [2.24, 2.45) is 0 Å². The summed E-state index contributed by atoms with van der Waals surface area (Å²) < 4.78 is 39.2. The number of rotatable bonds is 7. The first-order valence-corrected chi connectivity index (χ1v) is 7.67. The maximum Gasteiger partial charge on any atom is 0.245 e. The number of sulfonamides is 1. The fourth-order valence-corrected chi connectivity index (χ4v) is 3.07. The number of halogens is 1. The van der Waals surface area contributed by atoms with Gasteiger partial charge in [-0.3, -0.25) is 0 Å².